The number of hydrogen-bond donors (Lipinski definition) is 0. The largest absolute Gasteiger partial charge is 0.365 e. The molecular formula is C22H31N3O3. The standard InChI is InChI=1S/C22H31N3O3/c1-21(7-3-15-28-21)20(27)24-13-9-22(10-14-24)8-5-19(26)25(17-22)12-6-18-4-2-11-23-16-18/h2,4,11,16H,3,5-10,12-15,17H2,1H3/t21-/m0/s1. The molecule has 1 atom stereocenters. The lowest BCUT2D eigenvalue weighted by molar-refractivity contribution is -0.155. The van der Waals surface area contributed by atoms with Crippen LogP contribution in [0.1, 0.15) is 51.0 Å². The van der Waals surface area contributed by atoms with Gasteiger partial charge in [-0.3, -0.25) is 14.6 Å². The van der Waals surface area contributed by atoms with Gasteiger partial charge in [0.25, 0.3) is 5.91 Å². The van der Waals surface area contributed by atoms with Gasteiger partial charge in [-0.05, 0) is 62.5 Å². The Hall–Kier alpha value is -1.95. The van der Waals surface area contributed by atoms with Crippen LogP contribution >= 0.6 is 0 Å². The van der Waals surface area contributed by atoms with Gasteiger partial charge in [-0.15, -0.1) is 0 Å². The van der Waals surface area contributed by atoms with Gasteiger partial charge in [0, 0.05) is 51.6 Å². The van der Waals surface area contributed by atoms with Crippen LogP contribution in [0.25, 0.3) is 0 Å². The normalized spacial score (nSPS) is 27.4. The average molecular weight is 386 g/mol. The lowest BCUT2D eigenvalue weighted by Crippen LogP contribution is -2.55. The third-order valence-electron chi connectivity index (χ3n) is 6.92. The van der Waals surface area contributed by atoms with Gasteiger partial charge < -0.3 is 14.5 Å². The van der Waals surface area contributed by atoms with Crippen molar-refractivity contribution in [2.75, 3.05) is 32.8 Å². The van der Waals surface area contributed by atoms with Gasteiger partial charge in [-0.25, -0.2) is 0 Å². The van der Waals surface area contributed by atoms with Crippen molar-refractivity contribution in [2.24, 2.45) is 5.41 Å². The number of piperidine rings is 2. The highest BCUT2D eigenvalue weighted by atomic mass is 16.5. The van der Waals surface area contributed by atoms with E-state index in [0.717, 1.165) is 64.7 Å². The SMILES string of the molecule is C[C@@]1(C(=O)N2CCC3(CCC(=O)N(CCc4cccnc4)C3)CC2)CCCO1. The molecule has 6 heteroatoms. The zero-order chi connectivity index (χ0) is 19.6. The molecule has 1 aromatic heterocycles. The first kappa shape index (κ1) is 19.4. The van der Waals surface area contributed by atoms with Crippen molar-refractivity contribution < 1.29 is 14.3 Å². The molecule has 6 nitrogen and oxygen atoms in total. The van der Waals surface area contributed by atoms with E-state index in [1.807, 2.05) is 29.0 Å². The predicted molar refractivity (Wildman–Crippen MR) is 106 cm³/mol. The minimum atomic E-state index is -0.622. The van der Waals surface area contributed by atoms with Crippen molar-refractivity contribution >= 4 is 11.8 Å². The maximum absolute atomic E-state index is 12.9. The highest BCUT2D eigenvalue weighted by Gasteiger charge is 2.45. The second-order valence-electron chi connectivity index (χ2n) is 8.90. The maximum Gasteiger partial charge on any atom is 0.254 e. The number of likely N-dealkylation sites (tertiary alicyclic amines) is 2. The van der Waals surface area contributed by atoms with Crippen LogP contribution in [0.2, 0.25) is 0 Å². The van der Waals surface area contributed by atoms with Crippen molar-refractivity contribution in [1.82, 2.24) is 14.8 Å². The third kappa shape index (κ3) is 3.93. The molecule has 0 bridgehead atoms. The summed E-state index contributed by atoms with van der Waals surface area (Å²) in [6.45, 7) is 5.76. The first-order valence-electron chi connectivity index (χ1n) is 10.6. The van der Waals surface area contributed by atoms with Crippen molar-refractivity contribution in [3.8, 4) is 0 Å². The van der Waals surface area contributed by atoms with Crippen molar-refractivity contribution in [2.45, 2.75) is 57.5 Å². The summed E-state index contributed by atoms with van der Waals surface area (Å²) in [6.07, 6.45) is 9.81. The molecule has 3 fully saturated rings. The van der Waals surface area contributed by atoms with E-state index in [1.165, 1.54) is 5.56 Å². The monoisotopic (exact) mass is 385 g/mol. The molecule has 1 aromatic rings. The molecule has 0 N–H and O–H groups in total. The van der Waals surface area contributed by atoms with Crippen LogP contribution in [0.4, 0.5) is 0 Å². The average Bonchev–Trinajstić information content (AvgIpc) is 3.17. The molecule has 2 amide bonds. The fourth-order valence-corrected chi connectivity index (χ4v) is 4.99. The highest BCUT2D eigenvalue weighted by molar-refractivity contribution is 5.85. The minimum absolute atomic E-state index is 0.153. The Morgan fingerprint density at radius 1 is 1.25 bits per heavy atom. The number of amides is 2. The van der Waals surface area contributed by atoms with E-state index >= 15 is 0 Å². The lowest BCUT2D eigenvalue weighted by atomic mass is 9.72. The van der Waals surface area contributed by atoms with Crippen LogP contribution in [0, 0.1) is 5.41 Å². The van der Waals surface area contributed by atoms with E-state index in [2.05, 4.69) is 11.1 Å². The molecule has 3 aliphatic rings. The van der Waals surface area contributed by atoms with E-state index in [-0.39, 0.29) is 17.2 Å². The van der Waals surface area contributed by atoms with E-state index in [1.54, 1.807) is 6.20 Å². The third-order valence-corrected chi connectivity index (χ3v) is 6.92. The Balaban J connectivity index is 1.34. The van der Waals surface area contributed by atoms with Gasteiger partial charge in [0.1, 0.15) is 5.60 Å². The Bertz CT molecular complexity index is 707. The molecule has 28 heavy (non-hydrogen) atoms. The molecule has 0 aliphatic carbocycles. The fraction of sp³-hybridized carbons (Fsp3) is 0.682. The van der Waals surface area contributed by atoms with Gasteiger partial charge in [-0.1, -0.05) is 6.07 Å². The van der Waals surface area contributed by atoms with Crippen LogP contribution in [0.5, 0.6) is 0 Å². The molecule has 0 radical (unpaired) electrons. The number of carbonyl (C=O) groups excluding carboxylic acids is 2. The molecule has 4 heterocycles. The lowest BCUT2D eigenvalue weighted by Gasteiger charge is -2.48. The van der Waals surface area contributed by atoms with E-state index in [0.29, 0.717) is 13.0 Å². The number of pyridine rings is 1. The second-order valence-corrected chi connectivity index (χ2v) is 8.90. The molecule has 4 rings (SSSR count). The molecular weight excluding hydrogens is 354 g/mol. The zero-order valence-corrected chi connectivity index (χ0v) is 16.9. The Morgan fingerprint density at radius 3 is 2.75 bits per heavy atom. The van der Waals surface area contributed by atoms with Crippen LogP contribution in [-0.2, 0) is 20.7 Å². The van der Waals surface area contributed by atoms with Crippen molar-refractivity contribution in [1.29, 1.82) is 0 Å². The molecule has 0 unspecified atom stereocenters. The van der Waals surface area contributed by atoms with Gasteiger partial charge in [0.15, 0.2) is 0 Å². The van der Waals surface area contributed by atoms with Crippen LogP contribution in [0.15, 0.2) is 24.5 Å². The Labute approximate surface area is 167 Å². The molecule has 1 spiro atoms. The summed E-state index contributed by atoms with van der Waals surface area (Å²) >= 11 is 0. The van der Waals surface area contributed by atoms with Crippen LogP contribution in [-0.4, -0.2) is 65.0 Å². The van der Waals surface area contributed by atoms with Gasteiger partial charge in [-0.2, -0.15) is 0 Å². The number of ether oxygens (including phenoxy) is 1. The zero-order valence-electron chi connectivity index (χ0n) is 16.9. The number of rotatable bonds is 4. The summed E-state index contributed by atoms with van der Waals surface area (Å²) in [7, 11) is 0. The quantitative estimate of drug-likeness (QED) is 0.799. The predicted octanol–water partition coefficient (Wildman–Crippen LogP) is 2.42. The van der Waals surface area contributed by atoms with Crippen molar-refractivity contribution in [3.63, 3.8) is 0 Å². The molecule has 3 saturated heterocycles. The maximum atomic E-state index is 12.9. The summed E-state index contributed by atoms with van der Waals surface area (Å²) in [5.74, 6) is 0.417. The van der Waals surface area contributed by atoms with E-state index < -0.39 is 5.60 Å². The fourth-order valence-electron chi connectivity index (χ4n) is 4.99. The second kappa shape index (κ2) is 7.82. The Kier molecular flexibility index (Phi) is 5.41. The van der Waals surface area contributed by atoms with E-state index in [9.17, 15) is 9.59 Å². The van der Waals surface area contributed by atoms with Crippen LogP contribution < -0.4 is 0 Å². The van der Waals surface area contributed by atoms with Crippen molar-refractivity contribution in [3.05, 3.63) is 30.1 Å². The first-order valence-corrected chi connectivity index (χ1v) is 10.6. The molecule has 0 saturated carbocycles. The topological polar surface area (TPSA) is 62.7 Å². The summed E-state index contributed by atoms with van der Waals surface area (Å²) in [6, 6.07) is 4.00. The number of carbonyl (C=O) groups is 2. The minimum Gasteiger partial charge on any atom is -0.365 e. The van der Waals surface area contributed by atoms with Gasteiger partial charge >= 0.3 is 0 Å². The van der Waals surface area contributed by atoms with E-state index in [4.69, 9.17) is 4.74 Å². The number of nitrogens with zero attached hydrogens (tertiary/aromatic N) is 3. The number of hydrogen-bond acceptors (Lipinski definition) is 4. The Morgan fingerprint density at radius 2 is 2.07 bits per heavy atom. The van der Waals surface area contributed by atoms with Gasteiger partial charge in [0.2, 0.25) is 5.91 Å². The molecule has 152 valence electrons. The van der Waals surface area contributed by atoms with Crippen LogP contribution in [0.3, 0.4) is 0 Å². The summed E-state index contributed by atoms with van der Waals surface area (Å²) in [5.41, 5.74) is 0.708. The van der Waals surface area contributed by atoms with Gasteiger partial charge in [0.05, 0.1) is 0 Å². The summed E-state index contributed by atoms with van der Waals surface area (Å²) in [4.78, 5) is 33.6. The summed E-state index contributed by atoms with van der Waals surface area (Å²) in [5, 5.41) is 0. The number of aromatic nitrogens is 1. The highest BCUT2D eigenvalue weighted by Crippen LogP contribution is 2.41. The molecule has 0 aromatic carbocycles. The smallest absolute Gasteiger partial charge is 0.254 e. The summed E-state index contributed by atoms with van der Waals surface area (Å²) < 4.78 is 5.75. The first-order chi connectivity index (χ1) is 13.5. The molecule has 3 aliphatic heterocycles.